The number of nitrogens with two attached hydrogens (primary N) is 1. The number of halogens is 1. The number of fused-ring (bicyclic) bond motifs is 1. The summed E-state index contributed by atoms with van der Waals surface area (Å²) < 4.78 is 6.63. The van der Waals surface area contributed by atoms with Crippen molar-refractivity contribution < 1.29 is 9.53 Å². The molecule has 3 aliphatic rings. The molecule has 13 nitrogen and oxygen atoms in total. The zero-order valence-electron chi connectivity index (χ0n) is 20.3. The molecular weight excluding hydrogens is 510 g/mol. The van der Waals surface area contributed by atoms with Crippen molar-refractivity contribution in [2.45, 2.75) is 24.4 Å². The third-order valence-electron chi connectivity index (χ3n) is 6.88. The lowest BCUT2D eigenvalue weighted by Gasteiger charge is -2.43. The van der Waals surface area contributed by atoms with E-state index in [1.807, 2.05) is 4.90 Å². The Hall–Kier alpha value is -4.17. The minimum absolute atomic E-state index is 0.109. The smallest absolute Gasteiger partial charge is 0.247 e. The summed E-state index contributed by atoms with van der Waals surface area (Å²) in [6.07, 6.45) is 3.50. The number of aromatic nitrogens is 4. The molecule has 2 aliphatic heterocycles. The zero-order chi connectivity index (χ0) is 26.4. The van der Waals surface area contributed by atoms with Crippen molar-refractivity contribution in [3.8, 4) is 12.1 Å². The van der Waals surface area contributed by atoms with E-state index in [9.17, 15) is 15.3 Å². The van der Waals surface area contributed by atoms with Crippen LogP contribution in [-0.2, 0) is 9.53 Å². The molecule has 1 amide bonds. The maximum absolute atomic E-state index is 12.8. The summed E-state index contributed by atoms with van der Waals surface area (Å²) in [5.74, 6) is 0.568. The van der Waals surface area contributed by atoms with E-state index < -0.39 is 5.54 Å². The summed E-state index contributed by atoms with van der Waals surface area (Å²) in [6, 6.07) is 7.93. The van der Waals surface area contributed by atoms with Crippen LogP contribution in [0.15, 0.2) is 18.3 Å². The zero-order valence-corrected chi connectivity index (χ0v) is 21.1. The van der Waals surface area contributed by atoms with Crippen LogP contribution in [0.2, 0.25) is 5.02 Å². The van der Waals surface area contributed by atoms with Crippen LogP contribution < -0.4 is 21.3 Å². The van der Waals surface area contributed by atoms with Crippen LogP contribution in [0.4, 0.5) is 23.3 Å². The van der Waals surface area contributed by atoms with Gasteiger partial charge in [0.1, 0.15) is 17.2 Å². The molecule has 14 heteroatoms. The maximum Gasteiger partial charge on any atom is 0.247 e. The molecule has 0 bridgehead atoms. The largest absolute Gasteiger partial charge is 0.376 e. The van der Waals surface area contributed by atoms with Gasteiger partial charge >= 0.3 is 0 Å². The second-order valence-electron chi connectivity index (χ2n) is 9.72. The van der Waals surface area contributed by atoms with Gasteiger partial charge < -0.3 is 30.9 Å². The number of anilines is 4. The Kier molecular flexibility index (Phi) is 5.91. The van der Waals surface area contributed by atoms with Gasteiger partial charge in [0.15, 0.2) is 5.65 Å². The van der Waals surface area contributed by atoms with Gasteiger partial charge in [-0.15, -0.1) is 0 Å². The predicted molar refractivity (Wildman–Crippen MR) is 138 cm³/mol. The van der Waals surface area contributed by atoms with Crippen LogP contribution in [0.3, 0.4) is 0 Å². The molecular formula is C24H24ClN11O2. The summed E-state index contributed by atoms with van der Waals surface area (Å²) in [4.78, 5) is 25.6. The number of hydrogen-bond acceptors (Lipinski definition) is 11. The first-order valence-electron chi connectivity index (χ1n) is 12.2. The Balaban J connectivity index is 1.27. The normalized spacial score (nSPS) is 18.4. The quantitative estimate of drug-likeness (QED) is 0.415. The number of benzene rings is 1. The van der Waals surface area contributed by atoms with Gasteiger partial charge in [-0.3, -0.25) is 4.79 Å². The number of piperazine rings is 1. The van der Waals surface area contributed by atoms with Crippen molar-refractivity contribution in [2.75, 3.05) is 54.9 Å². The Morgan fingerprint density at radius 1 is 1.16 bits per heavy atom. The Bertz CT molecular complexity index is 1510. The number of nitriles is 2. The molecule has 2 saturated heterocycles. The summed E-state index contributed by atoms with van der Waals surface area (Å²) in [6.45, 7) is 2.46. The van der Waals surface area contributed by atoms with E-state index in [2.05, 4.69) is 37.8 Å². The molecule has 4 N–H and O–H groups in total. The van der Waals surface area contributed by atoms with Crippen molar-refractivity contribution in [1.29, 1.82) is 10.5 Å². The molecule has 1 aliphatic carbocycles. The second kappa shape index (κ2) is 9.29. The van der Waals surface area contributed by atoms with E-state index in [0.717, 1.165) is 12.8 Å². The van der Waals surface area contributed by atoms with Crippen LogP contribution in [0.5, 0.6) is 0 Å². The fourth-order valence-corrected chi connectivity index (χ4v) is 4.82. The van der Waals surface area contributed by atoms with Gasteiger partial charge in [-0.25, -0.2) is 0 Å². The van der Waals surface area contributed by atoms with Gasteiger partial charge in [-0.05, 0) is 25.0 Å². The SMILES string of the molecule is N#Cc1cc(Nc2nc(NC3CC3)n3ncc(C#N)c3n2)c(Cl)c(N2CCN(C(=O)C3(N)COC3)CC2)c1. The van der Waals surface area contributed by atoms with Gasteiger partial charge in [0, 0.05) is 32.2 Å². The van der Waals surface area contributed by atoms with Gasteiger partial charge in [0.05, 0.1) is 47.4 Å². The van der Waals surface area contributed by atoms with Gasteiger partial charge in [-0.2, -0.15) is 30.1 Å². The van der Waals surface area contributed by atoms with E-state index in [1.54, 1.807) is 17.0 Å². The Labute approximate surface area is 222 Å². The van der Waals surface area contributed by atoms with Crippen molar-refractivity contribution in [1.82, 2.24) is 24.5 Å². The average Bonchev–Trinajstić information content (AvgIpc) is 3.63. The van der Waals surface area contributed by atoms with Crippen molar-refractivity contribution in [3.05, 3.63) is 34.5 Å². The van der Waals surface area contributed by atoms with E-state index >= 15 is 0 Å². The topological polar surface area (TPSA) is 174 Å². The number of nitrogens with one attached hydrogen (secondary N) is 2. The third kappa shape index (κ3) is 4.31. The standard InChI is InChI=1S/C24H24ClN11O2/c25-19-17(31-22-32-20-15(10-27)11-29-36(20)23(33-22)30-16-1-2-16)7-14(9-26)8-18(19)34-3-5-35(6-4-34)21(37)24(28)12-38-13-24/h7-8,11,16H,1-6,12-13,28H2,(H2,30,31,32,33). The van der Waals surface area contributed by atoms with E-state index in [4.69, 9.17) is 22.1 Å². The molecule has 1 aromatic carbocycles. The second-order valence-corrected chi connectivity index (χ2v) is 10.1. The maximum atomic E-state index is 12.8. The van der Waals surface area contributed by atoms with Crippen LogP contribution in [0.25, 0.3) is 5.65 Å². The van der Waals surface area contributed by atoms with E-state index in [1.165, 1.54) is 10.7 Å². The molecule has 38 heavy (non-hydrogen) atoms. The lowest BCUT2D eigenvalue weighted by Crippen LogP contribution is -2.68. The molecule has 194 valence electrons. The van der Waals surface area contributed by atoms with E-state index in [0.29, 0.717) is 71.3 Å². The lowest BCUT2D eigenvalue weighted by molar-refractivity contribution is -0.154. The van der Waals surface area contributed by atoms with E-state index in [-0.39, 0.29) is 25.1 Å². The number of ether oxygens (including phenoxy) is 1. The fourth-order valence-electron chi connectivity index (χ4n) is 4.54. The van der Waals surface area contributed by atoms with Gasteiger partial charge in [0.25, 0.3) is 0 Å². The van der Waals surface area contributed by atoms with Gasteiger partial charge in [0.2, 0.25) is 17.8 Å². The summed E-state index contributed by atoms with van der Waals surface area (Å²) in [5.41, 5.74) is 7.37. The number of hydrogen-bond donors (Lipinski definition) is 3. The van der Waals surface area contributed by atoms with Gasteiger partial charge in [-0.1, -0.05) is 11.6 Å². The molecule has 0 unspecified atom stereocenters. The Morgan fingerprint density at radius 3 is 2.55 bits per heavy atom. The first-order chi connectivity index (χ1) is 18.4. The fraction of sp³-hybridized carbons (Fsp3) is 0.417. The lowest BCUT2D eigenvalue weighted by atomic mass is 9.96. The molecule has 0 spiro atoms. The van der Waals surface area contributed by atoms with Crippen LogP contribution >= 0.6 is 11.6 Å². The van der Waals surface area contributed by atoms with Crippen LogP contribution in [-0.4, -0.2) is 81.4 Å². The minimum Gasteiger partial charge on any atom is -0.376 e. The average molecular weight is 534 g/mol. The predicted octanol–water partition coefficient (Wildman–Crippen LogP) is 1.22. The highest BCUT2D eigenvalue weighted by Gasteiger charge is 2.45. The first-order valence-corrected chi connectivity index (χ1v) is 12.6. The molecule has 6 rings (SSSR count). The van der Waals surface area contributed by atoms with Crippen LogP contribution in [0.1, 0.15) is 24.0 Å². The van der Waals surface area contributed by atoms with Crippen molar-refractivity contribution in [2.24, 2.45) is 5.73 Å². The highest BCUT2D eigenvalue weighted by Crippen LogP contribution is 2.37. The van der Waals surface area contributed by atoms with Crippen molar-refractivity contribution >= 4 is 46.4 Å². The number of carbonyl (C=O) groups excluding carboxylic acids is 1. The number of nitrogens with zero attached hydrogens (tertiary/aromatic N) is 8. The molecule has 0 radical (unpaired) electrons. The third-order valence-corrected chi connectivity index (χ3v) is 7.28. The summed E-state index contributed by atoms with van der Waals surface area (Å²) >= 11 is 6.84. The first kappa shape index (κ1) is 24.2. The highest BCUT2D eigenvalue weighted by atomic mass is 35.5. The summed E-state index contributed by atoms with van der Waals surface area (Å²) in [5, 5.41) is 30.3. The number of carbonyl (C=O) groups is 1. The summed E-state index contributed by atoms with van der Waals surface area (Å²) in [7, 11) is 0. The van der Waals surface area contributed by atoms with Crippen molar-refractivity contribution in [3.63, 3.8) is 0 Å². The minimum atomic E-state index is -0.938. The molecule has 3 aromatic rings. The Morgan fingerprint density at radius 2 is 1.92 bits per heavy atom. The molecule has 1 saturated carbocycles. The molecule has 4 heterocycles. The van der Waals surface area contributed by atoms with Crippen LogP contribution in [0, 0.1) is 22.7 Å². The molecule has 2 aromatic heterocycles. The molecule has 0 atom stereocenters. The highest BCUT2D eigenvalue weighted by molar-refractivity contribution is 6.36. The number of rotatable bonds is 6. The number of amides is 1. The monoisotopic (exact) mass is 533 g/mol. The molecule has 3 fully saturated rings.